The van der Waals surface area contributed by atoms with Crippen molar-refractivity contribution in [2.24, 2.45) is 0 Å². The van der Waals surface area contributed by atoms with E-state index in [1.807, 2.05) is 0 Å². The fourth-order valence-corrected chi connectivity index (χ4v) is 4.60. The van der Waals surface area contributed by atoms with Crippen LogP contribution in [0.3, 0.4) is 0 Å². The molecule has 2 rings (SSSR count). The van der Waals surface area contributed by atoms with Crippen LogP contribution in [0.1, 0.15) is 86.6 Å². The van der Waals surface area contributed by atoms with Crippen LogP contribution in [0.4, 0.5) is 0 Å². The molecule has 1 heterocycles. The molecule has 0 bridgehead atoms. The summed E-state index contributed by atoms with van der Waals surface area (Å²) in [5, 5.41) is 3.71. The van der Waals surface area contributed by atoms with Crippen molar-refractivity contribution in [2.75, 3.05) is 6.54 Å². The van der Waals surface area contributed by atoms with E-state index in [1.54, 1.807) is 15.3 Å². The molecule has 1 unspecified atom stereocenters. The number of hydrogen-bond acceptors (Lipinski definition) is 2. The van der Waals surface area contributed by atoms with Gasteiger partial charge in [0.05, 0.1) is 0 Å². The average molecular weight is 294 g/mol. The Morgan fingerprint density at radius 3 is 2.75 bits per heavy atom. The fourth-order valence-electron chi connectivity index (χ4n) is 3.23. The Morgan fingerprint density at radius 2 is 1.95 bits per heavy atom. The molecule has 0 saturated heterocycles. The van der Waals surface area contributed by atoms with Crippen LogP contribution in [-0.4, -0.2) is 6.54 Å². The van der Waals surface area contributed by atoms with E-state index in [2.05, 4.69) is 36.6 Å². The van der Waals surface area contributed by atoms with Gasteiger partial charge in [-0.05, 0) is 50.3 Å². The van der Waals surface area contributed by atoms with E-state index >= 15 is 0 Å². The van der Waals surface area contributed by atoms with Crippen molar-refractivity contribution in [1.82, 2.24) is 5.32 Å². The third-order valence-corrected chi connectivity index (χ3v) is 5.76. The van der Waals surface area contributed by atoms with Crippen LogP contribution < -0.4 is 5.32 Å². The van der Waals surface area contributed by atoms with Crippen molar-refractivity contribution >= 4 is 11.3 Å². The summed E-state index contributed by atoms with van der Waals surface area (Å²) in [6.45, 7) is 5.61. The van der Waals surface area contributed by atoms with E-state index in [9.17, 15) is 0 Å². The van der Waals surface area contributed by atoms with Gasteiger partial charge in [-0.2, -0.15) is 0 Å². The maximum atomic E-state index is 3.71. The average Bonchev–Trinajstić information content (AvgIpc) is 2.73. The highest BCUT2D eigenvalue weighted by Crippen LogP contribution is 2.34. The number of nitrogens with one attached hydrogen (secondary N) is 1. The van der Waals surface area contributed by atoms with Crippen molar-refractivity contribution in [3.8, 4) is 0 Å². The summed E-state index contributed by atoms with van der Waals surface area (Å²) >= 11 is 2.10. The minimum absolute atomic E-state index is 0.605. The molecule has 1 aliphatic carbocycles. The first kappa shape index (κ1) is 16.0. The van der Waals surface area contributed by atoms with Gasteiger partial charge in [-0.1, -0.05) is 46.0 Å². The minimum Gasteiger partial charge on any atom is -0.310 e. The Kier molecular flexibility index (Phi) is 7.09. The summed E-state index contributed by atoms with van der Waals surface area (Å²) in [6.07, 6.45) is 13.7. The first-order valence-electron chi connectivity index (χ1n) is 8.70. The van der Waals surface area contributed by atoms with E-state index < -0.39 is 0 Å². The number of unbranched alkanes of at least 4 members (excludes halogenated alkanes) is 3. The Labute approximate surface area is 129 Å². The second-order valence-corrected chi connectivity index (χ2v) is 7.29. The summed E-state index contributed by atoms with van der Waals surface area (Å²) in [7, 11) is 0. The van der Waals surface area contributed by atoms with Gasteiger partial charge >= 0.3 is 0 Å². The number of rotatable bonds is 8. The topological polar surface area (TPSA) is 12.0 Å². The van der Waals surface area contributed by atoms with Crippen molar-refractivity contribution in [1.29, 1.82) is 0 Å². The zero-order chi connectivity index (χ0) is 14.2. The smallest absolute Gasteiger partial charge is 0.0414 e. The lowest BCUT2D eigenvalue weighted by Crippen LogP contribution is -2.19. The van der Waals surface area contributed by atoms with Crippen LogP contribution in [-0.2, 0) is 12.8 Å². The number of aryl methyl sites for hydroxylation is 2. The van der Waals surface area contributed by atoms with Gasteiger partial charge in [-0.15, -0.1) is 11.3 Å². The molecule has 0 radical (unpaired) electrons. The van der Waals surface area contributed by atoms with Gasteiger partial charge in [-0.25, -0.2) is 0 Å². The molecule has 0 spiro atoms. The van der Waals surface area contributed by atoms with Crippen molar-refractivity contribution < 1.29 is 0 Å². The summed E-state index contributed by atoms with van der Waals surface area (Å²) in [6, 6.07) is 3.13. The van der Waals surface area contributed by atoms with Crippen molar-refractivity contribution in [3.05, 3.63) is 21.4 Å². The number of thiophene rings is 1. The van der Waals surface area contributed by atoms with Crippen LogP contribution in [0.25, 0.3) is 0 Å². The van der Waals surface area contributed by atoms with Gasteiger partial charge in [0.2, 0.25) is 0 Å². The van der Waals surface area contributed by atoms with E-state index in [1.165, 1.54) is 64.2 Å². The van der Waals surface area contributed by atoms with Gasteiger partial charge in [0.1, 0.15) is 0 Å². The molecule has 0 aromatic carbocycles. The quantitative estimate of drug-likeness (QED) is 0.483. The molecule has 0 amide bonds. The lowest BCUT2D eigenvalue weighted by atomic mass is 10.0. The second-order valence-electron chi connectivity index (χ2n) is 6.12. The number of fused-ring (bicyclic) bond motifs is 1. The largest absolute Gasteiger partial charge is 0.310 e. The summed E-state index contributed by atoms with van der Waals surface area (Å²) in [4.78, 5) is 3.30. The second kappa shape index (κ2) is 8.84. The first-order valence-corrected chi connectivity index (χ1v) is 9.51. The van der Waals surface area contributed by atoms with Gasteiger partial charge in [0.25, 0.3) is 0 Å². The molecule has 1 aromatic rings. The highest BCUT2D eigenvalue weighted by Gasteiger charge is 2.17. The van der Waals surface area contributed by atoms with Gasteiger partial charge in [0, 0.05) is 15.8 Å². The third kappa shape index (κ3) is 4.60. The predicted molar refractivity (Wildman–Crippen MR) is 90.8 cm³/mol. The SMILES string of the molecule is CCCCCCC(NCC)c1cc2c(s1)CCCCC2. The molecular weight excluding hydrogens is 262 g/mol. The van der Waals surface area contributed by atoms with Crippen LogP contribution in [0, 0.1) is 0 Å². The fraction of sp³-hybridized carbons (Fsp3) is 0.778. The molecule has 20 heavy (non-hydrogen) atoms. The molecule has 2 heteroatoms. The molecule has 1 N–H and O–H groups in total. The van der Waals surface area contributed by atoms with E-state index in [0.29, 0.717) is 6.04 Å². The van der Waals surface area contributed by atoms with Crippen LogP contribution >= 0.6 is 11.3 Å². The Bertz CT molecular complexity index is 359. The zero-order valence-electron chi connectivity index (χ0n) is 13.3. The number of hydrogen-bond donors (Lipinski definition) is 1. The lowest BCUT2D eigenvalue weighted by Gasteiger charge is -2.16. The molecule has 114 valence electrons. The molecule has 0 fully saturated rings. The predicted octanol–water partition coefficient (Wildman–Crippen LogP) is 5.64. The molecule has 1 aromatic heterocycles. The zero-order valence-corrected chi connectivity index (χ0v) is 14.2. The minimum atomic E-state index is 0.605. The Balaban J connectivity index is 1.97. The molecule has 0 saturated carbocycles. The Hall–Kier alpha value is -0.340. The Morgan fingerprint density at radius 1 is 1.10 bits per heavy atom. The molecule has 0 aliphatic heterocycles. The monoisotopic (exact) mass is 293 g/mol. The molecular formula is C18H31NS. The summed E-state index contributed by atoms with van der Waals surface area (Å²) < 4.78 is 0. The summed E-state index contributed by atoms with van der Waals surface area (Å²) in [5.74, 6) is 0. The van der Waals surface area contributed by atoms with Crippen LogP contribution in [0.15, 0.2) is 6.07 Å². The van der Waals surface area contributed by atoms with Crippen molar-refractivity contribution in [2.45, 2.75) is 84.1 Å². The molecule has 1 nitrogen and oxygen atoms in total. The molecule has 1 atom stereocenters. The highest BCUT2D eigenvalue weighted by atomic mass is 32.1. The van der Waals surface area contributed by atoms with E-state index in [0.717, 1.165) is 6.54 Å². The highest BCUT2D eigenvalue weighted by molar-refractivity contribution is 7.12. The summed E-state index contributed by atoms with van der Waals surface area (Å²) in [5.41, 5.74) is 1.67. The standard InChI is InChI=1S/C18H31NS/c1-3-5-6-9-12-16(19-4-2)18-14-15-11-8-7-10-13-17(15)20-18/h14,16,19H,3-13H2,1-2H3. The van der Waals surface area contributed by atoms with Crippen LogP contribution in [0.2, 0.25) is 0 Å². The van der Waals surface area contributed by atoms with Crippen LogP contribution in [0.5, 0.6) is 0 Å². The first-order chi connectivity index (χ1) is 9.85. The normalized spacial score (nSPS) is 16.7. The van der Waals surface area contributed by atoms with Gasteiger partial charge in [0.15, 0.2) is 0 Å². The molecule has 1 aliphatic rings. The van der Waals surface area contributed by atoms with Gasteiger partial charge < -0.3 is 5.32 Å². The van der Waals surface area contributed by atoms with E-state index in [4.69, 9.17) is 0 Å². The lowest BCUT2D eigenvalue weighted by molar-refractivity contribution is 0.487. The van der Waals surface area contributed by atoms with E-state index in [-0.39, 0.29) is 0 Å². The van der Waals surface area contributed by atoms with Crippen molar-refractivity contribution in [3.63, 3.8) is 0 Å². The van der Waals surface area contributed by atoms with Gasteiger partial charge in [-0.3, -0.25) is 0 Å². The maximum Gasteiger partial charge on any atom is 0.0414 e. The third-order valence-electron chi connectivity index (χ3n) is 4.41. The maximum absolute atomic E-state index is 3.71.